The van der Waals surface area contributed by atoms with E-state index in [2.05, 4.69) is 10.7 Å². The van der Waals surface area contributed by atoms with E-state index in [1.807, 2.05) is 0 Å². The van der Waals surface area contributed by atoms with Crippen LogP contribution in [0.3, 0.4) is 0 Å². The van der Waals surface area contributed by atoms with Gasteiger partial charge in [-0.15, -0.1) is 11.3 Å². The van der Waals surface area contributed by atoms with Crippen LogP contribution >= 0.6 is 11.3 Å². The van der Waals surface area contributed by atoms with Crippen molar-refractivity contribution in [2.24, 2.45) is 0 Å². The molecule has 1 aromatic heterocycles. The molecule has 1 saturated heterocycles. The summed E-state index contributed by atoms with van der Waals surface area (Å²) in [4.78, 5) is 39.0. The molecular weight excluding hydrogens is 312 g/mol. The molecule has 5 nitrogen and oxygen atoms in total. The van der Waals surface area contributed by atoms with Crippen molar-refractivity contribution in [1.29, 1.82) is 0 Å². The highest BCUT2D eigenvalue weighted by Crippen LogP contribution is 2.42. The Kier molecular flexibility index (Phi) is 3.71. The average molecular weight is 332 g/mol. The summed E-state index contributed by atoms with van der Waals surface area (Å²) in [5.74, 6) is -0.0139. The van der Waals surface area contributed by atoms with E-state index in [4.69, 9.17) is 0 Å². The van der Waals surface area contributed by atoms with Gasteiger partial charge in [0.15, 0.2) is 0 Å². The zero-order valence-corrected chi connectivity index (χ0v) is 13.8. The molecule has 0 spiro atoms. The summed E-state index contributed by atoms with van der Waals surface area (Å²) in [5, 5.41) is 4.56. The molecule has 23 heavy (non-hydrogen) atoms. The predicted octanol–water partition coefficient (Wildman–Crippen LogP) is 2.56. The van der Waals surface area contributed by atoms with Crippen molar-refractivity contribution < 1.29 is 14.4 Å². The fourth-order valence-corrected chi connectivity index (χ4v) is 5.23. The van der Waals surface area contributed by atoms with Crippen LogP contribution in [0.1, 0.15) is 71.7 Å². The molecule has 2 aliphatic heterocycles. The third-order valence-electron chi connectivity index (χ3n) is 5.33. The van der Waals surface area contributed by atoms with E-state index >= 15 is 0 Å². The number of carbonyl (C=O) groups is 3. The lowest BCUT2D eigenvalue weighted by Crippen LogP contribution is -2.47. The van der Waals surface area contributed by atoms with Gasteiger partial charge in [0.05, 0.1) is 4.88 Å². The number of nitrogens with zero attached hydrogens (tertiary/aromatic N) is 1. The Labute approximate surface area is 139 Å². The molecule has 3 amide bonds. The van der Waals surface area contributed by atoms with Crippen LogP contribution in [0.4, 0.5) is 0 Å². The zero-order chi connectivity index (χ0) is 16.0. The van der Waals surface area contributed by atoms with Gasteiger partial charge >= 0.3 is 0 Å². The maximum atomic E-state index is 12.7. The van der Waals surface area contributed by atoms with E-state index < -0.39 is 6.04 Å². The fraction of sp³-hybridized carbons (Fsp3) is 0.588. The molecule has 1 aromatic rings. The second kappa shape index (κ2) is 5.74. The highest BCUT2D eigenvalue weighted by Gasteiger charge is 2.40. The van der Waals surface area contributed by atoms with Crippen molar-refractivity contribution in [2.45, 2.75) is 63.5 Å². The molecule has 3 heterocycles. The number of hydrogen-bond donors (Lipinski definition) is 1. The molecule has 1 N–H and O–H groups in total. The van der Waals surface area contributed by atoms with Crippen LogP contribution in [0.5, 0.6) is 0 Å². The summed E-state index contributed by atoms with van der Waals surface area (Å²) in [6.45, 7) is 0.524. The van der Waals surface area contributed by atoms with E-state index in [-0.39, 0.29) is 17.7 Å². The van der Waals surface area contributed by atoms with E-state index in [0.29, 0.717) is 31.7 Å². The molecule has 0 radical (unpaired) electrons. The molecule has 1 aliphatic carbocycles. The lowest BCUT2D eigenvalue weighted by atomic mass is 9.96. The molecule has 122 valence electrons. The highest BCUT2D eigenvalue weighted by molar-refractivity contribution is 7.12. The maximum Gasteiger partial charge on any atom is 0.265 e. The Hall–Kier alpha value is -1.69. The number of imide groups is 1. The van der Waals surface area contributed by atoms with Crippen LogP contribution in [0.2, 0.25) is 0 Å². The van der Waals surface area contributed by atoms with Gasteiger partial charge in [-0.2, -0.15) is 0 Å². The average Bonchev–Trinajstić information content (AvgIpc) is 3.20. The molecule has 2 fully saturated rings. The number of thiophene rings is 1. The van der Waals surface area contributed by atoms with Crippen molar-refractivity contribution in [1.82, 2.24) is 10.2 Å². The maximum absolute atomic E-state index is 12.7. The SMILES string of the molecule is O=C1CCC[C@H](N2Cc3c(C4CCCC4)csc3C2=O)C(=O)N1. The van der Waals surface area contributed by atoms with E-state index in [1.54, 1.807) is 4.90 Å². The van der Waals surface area contributed by atoms with Crippen LogP contribution in [0.25, 0.3) is 0 Å². The van der Waals surface area contributed by atoms with Gasteiger partial charge in [-0.3, -0.25) is 19.7 Å². The zero-order valence-electron chi connectivity index (χ0n) is 13.0. The number of hydrogen-bond acceptors (Lipinski definition) is 4. The lowest BCUT2D eigenvalue weighted by molar-refractivity contribution is -0.132. The van der Waals surface area contributed by atoms with Crippen LogP contribution in [0.15, 0.2) is 5.38 Å². The molecule has 0 bridgehead atoms. The minimum atomic E-state index is -0.509. The summed E-state index contributed by atoms with van der Waals surface area (Å²) < 4.78 is 0. The van der Waals surface area contributed by atoms with Gasteiger partial charge in [0, 0.05) is 13.0 Å². The van der Waals surface area contributed by atoms with Crippen molar-refractivity contribution in [3.63, 3.8) is 0 Å². The summed E-state index contributed by atoms with van der Waals surface area (Å²) in [7, 11) is 0. The first-order valence-corrected chi connectivity index (χ1v) is 9.28. The van der Waals surface area contributed by atoms with Gasteiger partial charge in [-0.25, -0.2) is 0 Å². The Morgan fingerprint density at radius 1 is 1.09 bits per heavy atom. The second-order valence-corrected chi connectivity index (χ2v) is 7.61. The van der Waals surface area contributed by atoms with Crippen LogP contribution in [0, 0.1) is 0 Å². The second-order valence-electron chi connectivity index (χ2n) is 6.73. The smallest absolute Gasteiger partial charge is 0.265 e. The van der Waals surface area contributed by atoms with Gasteiger partial charge in [-0.1, -0.05) is 12.8 Å². The van der Waals surface area contributed by atoms with Gasteiger partial charge in [-0.05, 0) is 48.1 Å². The summed E-state index contributed by atoms with van der Waals surface area (Å²) in [5.41, 5.74) is 2.46. The molecule has 1 saturated carbocycles. The lowest BCUT2D eigenvalue weighted by Gasteiger charge is -2.25. The van der Waals surface area contributed by atoms with E-state index in [1.165, 1.54) is 42.6 Å². The monoisotopic (exact) mass is 332 g/mol. The van der Waals surface area contributed by atoms with Gasteiger partial charge in [0.25, 0.3) is 5.91 Å². The topological polar surface area (TPSA) is 66.5 Å². The fourth-order valence-electron chi connectivity index (χ4n) is 4.11. The van der Waals surface area contributed by atoms with Crippen LogP contribution < -0.4 is 5.32 Å². The minimum absolute atomic E-state index is 0.0382. The van der Waals surface area contributed by atoms with E-state index in [0.717, 1.165) is 10.4 Å². The molecule has 0 aromatic carbocycles. The Bertz CT molecular complexity index is 675. The molecule has 3 aliphatic rings. The first kappa shape index (κ1) is 14.9. The third kappa shape index (κ3) is 2.49. The quantitative estimate of drug-likeness (QED) is 0.847. The summed E-state index contributed by atoms with van der Waals surface area (Å²) in [6.07, 6.45) is 6.51. The summed E-state index contributed by atoms with van der Waals surface area (Å²) in [6, 6.07) is -0.509. The van der Waals surface area contributed by atoms with Gasteiger partial charge in [0.1, 0.15) is 6.04 Å². The molecule has 0 unspecified atom stereocenters. The third-order valence-corrected chi connectivity index (χ3v) is 6.36. The van der Waals surface area contributed by atoms with Crippen molar-refractivity contribution in [2.75, 3.05) is 0 Å². The summed E-state index contributed by atoms with van der Waals surface area (Å²) >= 11 is 1.52. The first-order valence-electron chi connectivity index (χ1n) is 8.40. The Morgan fingerprint density at radius 2 is 1.87 bits per heavy atom. The number of rotatable bonds is 2. The number of carbonyl (C=O) groups excluding carboxylic acids is 3. The Balaban J connectivity index is 1.59. The normalized spacial score (nSPS) is 25.7. The van der Waals surface area contributed by atoms with Gasteiger partial charge < -0.3 is 4.90 Å². The standard InChI is InChI=1S/C17H20N2O3S/c20-14-7-3-6-13(16(21)18-14)19-8-11-12(10-4-1-2-5-10)9-23-15(11)17(19)22/h9-10,13H,1-8H2,(H,18,20,21)/t13-/m0/s1. The number of amides is 3. The number of fused-ring (bicyclic) bond motifs is 1. The predicted molar refractivity (Wildman–Crippen MR) is 86.2 cm³/mol. The molecule has 6 heteroatoms. The molecule has 1 atom stereocenters. The van der Waals surface area contributed by atoms with Crippen LogP contribution in [-0.2, 0) is 16.1 Å². The molecule has 4 rings (SSSR count). The van der Waals surface area contributed by atoms with Crippen molar-refractivity contribution in [3.8, 4) is 0 Å². The van der Waals surface area contributed by atoms with Gasteiger partial charge in [0.2, 0.25) is 11.8 Å². The molecular formula is C17H20N2O3S. The minimum Gasteiger partial charge on any atom is -0.322 e. The van der Waals surface area contributed by atoms with Crippen LogP contribution in [-0.4, -0.2) is 28.7 Å². The van der Waals surface area contributed by atoms with Crippen molar-refractivity contribution >= 4 is 29.1 Å². The van der Waals surface area contributed by atoms with E-state index in [9.17, 15) is 14.4 Å². The van der Waals surface area contributed by atoms with Crippen molar-refractivity contribution in [3.05, 3.63) is 21.4 Å². The Morgan fingerprint density at radius 3 is 2.65 bits per heavy atom. The first-order chi connectivity index (χ1) is 11.1. The largest absolute Gasteiger partial charge is 0.322 e. The highest BCUT2D eigenvalue weighted by atomic mass is 32.1. The number of nitrogens with one attached hydrogen (secondary N) is 1.